The highest BCUT2D eigenvalue weighted by atomic mass is 16.5. The summed E-state index contributed by atoms with van der Waals surface area (Å²) in [6, 6.07) is 0. The van der Waals surface area contributed by atoms with Crippen LogP contribution in [0.25, 0.3) is 0 Å². The maximum Gasteiger partial charge on any atom is 0.330 e. The molecule has 0 aromatic rings. The molecule has 0 amide bonds. The van der Waals surface area contributed by atoms with Crippen LogP contribution in [0.1, 0.15) is 53.4 Å². The number of carbonyl (C=O) groups is 2. The number of allylic oxidation sites excluding steroid dienone is 4. The smallest absolute Gasteiger partial charge is 0.330 e. The van der Waals surface area contributed by atoms with E-state index in [4.69, 9.17) is 9.84 Å². The summed E-state index contributed by atoms with van der Waals surface area (Å²) >= 11 is 0. The van der Waals surface area contributed by atoms with Crippen LogP contribution in [-0.2, 0) is 14.3 Å². The number of hydrogen-bond donors (Lipinski definition) is 1. The number of ether oxygens (including phenoxy) is 1. The number of rotatable bonds is 9. The molecule has 0 aromatic carbocycles. The molecule has 0 aliphatic heterocycles. The minimum absolute atomic E-state index is 0.264. The summed E-state index contributed by atoms with van der Waals surface area (Å²) in [5.74, 6) is -1.12. The molecule has 0 saturated heterocycles. The molecule has 21 heavy (non-hydrogen) atoms. The van der Waals surface area contributed by atoms with Crippen molar-refractivity contribution in [3.8, 4) is 0 Å². The monoisotopic (exact) mass is 294 g/mol. The van der Waals surface area contributed by atoms with E-state index in [-0.39, 0.29) is 5.97 Å². The number of carbonyl (C=O) groups excluding carboxylic acids is 1. The third-order valence-electron chi connectivity index (χ3n) is 3.08. The highest BCUT2D eigenvalue weighted by Crippen LogP contribution is 2.11. The summed E-state index contributed by atoms with van der Waals surface area (Å²) in [5, 5.41) is 8.73. The number of esters is 1. The van der Waals surface area contributed by atoms with Gasteiger partial charge >= 0.3 is 11.9 Å². The standard InChI is InChI=1S/C17H26O4/c1-13(9-6-10-15(3)17(19)20)7-5-8-14(2)11-12-21-16(4)18/h7,10-11H,5-6,8-9,12H2,1-4H3,(H,19,20)/b13-7+,14-11+,15-10+. The number of carboxylic acids is 1. The minimum atomic E-state index is -0.856. The zero-order chi connectivity index (χ0) is 16.3. The fraction of sp³-hybridized carbons (Fsp3) is 0.529. The molecule has 0 fully saturated rings. The van der Waals surface area contributed by atoms with Crippen LogP contribution in [0.3, 0.4) is 0 Å². The first-order valence-electron chi connectivity index (χ1n) is 7.17. The highest BCUT2D eigenvalue weighted by Gasteiger charge is 1.98. The summed E-state index contributed by atoms with van der Waals surface area (Å²) in [5.41, 5.74) is 2.85. The van der Waals surface area contributed by atoms with Crippen molar-refractivity contribution in [1.82, 2.24) is 0 Å². The van der Waals surface area contributed by atoms with E-state index in [1.165, 1.54) is 18.1 Å². The second-order valence-electron chi connectivity index (χ2n) is 5.17. The second-order valence-corrected chi connectivity index (χ2v) is 5.17. The van der Waals surface area contributed by atoms with Gasteiger partial charge in [0.15, 0.2) is 0 Å². The van der Waals surface area contributed by atoms with Crippen molar-refractivity contribution in [1.29, 1.82) is 0 Å². The van der Waals surface area contributed by atoms with Crippen molar-refractivity contribution < 1.29 is 19.4 Å². The van der Waals surface area contributed by atoms with Crippen LogP contribution in [0.2, 0.25) is 0 Å². The lowest BCUT2D eigenvalue weighted by Gasteiger charge is -2.02. The van der Waals surface area contributed by atoms with E-state index in [9.17, 15) is 9.59 Å². The molecule has 118 valence electrons. The molecule has 4 nitrogen and oxygen atoms in total. The Bertz CT molecular complexity index is 442. The largest absolute Gasteiger partial charge is 0.478 e. The Morgan fingerprint density at radius 2 is 1.43 bits per heavy atom. The summed E-state index contributed by atoms with van der Waals surface area (Å²) < 4.78 is 4.85. The van der Waals surface area contributed by atoms with E-state index < -0.39 is 5.97 Å². The van der Waals surface area contributed by atoms with Gasteiger partial charge in [0.05, 0.1) is 0 Å². The van der Waals surface area contributed by atoms with E-state index in [0.717, 1.165) is 25.7 Å². The lowest BCUT2D eigenvalue weighted by atomic mass is 10.1. The Kier molecular flexibility index (Phi) is 9.94. The summed E-state index contributed by atoms with van der Waals surface area (Å²) in [6.45, 7) is 7.42. The first-order chi connectivity index (χ1) is 9.82. The van der Waals surface area contributed by atoms with Gasteiger partial charge in [0.1, 0.15) is 6.61 Å². The van der Waals surface area contributed by atoms with Gasteiger partial charge in [-0.25, -0.2) is 4.79 Å². The molecular weight excluding hydrogens is 268 g/mol. The van der Waals surface area contributed by atoms with Gasteiger partial charge in [0, 0.05) is 12.5 Å². The Labute approximate surface area is 127 Å². The summed E-state index contributed by atoms with van der Waals surface area (Å²) in [7, 11) is 0. The van der Waals surface area contributed by atoms with Gasteiger partial charge in [-0.2, -0.15) is 0 Å². The average molecular weight is 294 g/mol. The molecule has 0 aromatic heterocycles. The number of hydrogen-bond acceptors (Lipinski definition) is 3. The molecule has 0 rings (SSSR count). The first-order valence-corrected chi connectivity index (χ1v) is 7.17. The van der Waals surface area contributed by atoms with Gasteiger partial charge < -0.3 is 9.84 Å². The quantitative estimate of drug-likeness (QED) is 0.396. The van der Waals surface area contributed by atoms with E-state index in [1.807, 2.05) is 13.0 Å². The van der Waals surface area contributed by atoms with Crippen molar-refractivity contribution in [2.45, 2.75) is 53.4 Å². The third kappa shape index (κ3) is 11.7. The fourth-order valence-electron chi connectivity index (χ4n) is 1.66. The van der Waals surface area contributed by atoms with Crippen molar-refractivity contribution in [3.05, 3.63) is 34.9 Å². The molecule has 1 N–H and O–H groups in total. The molecule has 0 spiro atoms. The summed E-state index contributed by atoms with van der Waals surface area (Å²) in [4.78, 5) is 21.2. The maximum atomic E-state index is 10.6. The Hall–Kier alpha value is -1.84. The zero-order valence-corrected chi connectivity index (χ0v) is 13.4. The molecule has 0 aliphatic rings. The van der Waals surface area contributed by atoms with Crippen LogP contribution in [0.5, 0.6) is 0 Å². The number of carboxylic acid groups (broad SMARTS) is 1. The SMILES string of the molecule is CC(=O)OC/C=C(\C)CC/C=C(\C)CC/C=C(\C)C(=O)O. The number of aliphatic carboxylic acids is 1. The Morgan fingerprint density at radius 3 is 1.95 bits per heavy atom. The predicted octanol–water partition coefficient (Wildman–Crippen LogP) is 4.03. The molecule has 0 radical (unpaired) electrons. The van der Waals surface area contributed by atoms with Crippen LogP contribution in [0.4, 0.5) is 0 Å². The van der Waals surface area contributed by atoms with Gasteiger partial charge in [0.2, 0.25) is 0 Å². The van der Waals surface area contributed by atoms with Crippen LogP contribution < -0.4 is 0 Å². The maximum absolute atomic E-state index is 10.6. The highest BCUT2D eigenvalue weighted by molar-refractivity contribution is 5.85. The van der Waals surface area contributed by atoms with Gasteiger partial charge in [-0.3, -0.25) is 4.79 Å². The van der Waals surface area contributed by atoms with Gasteiger partial charge in [-0.1, -0.05) is 23.3 Å². The van der Waals surface area contributed by atoms with Gasteiger partial charge in [-0.05, 0) is 52.5 Å². The van der Waals surface area contributed by atoms with Crippen LogP contribution >= 0.6 is 0 Å². The van der Waals surface area contributed by atoms with E-state index in [1.54, 1.807) is 13.0 Å². The third-order valence-corrected chi connectivity index (χ3v) is 3.08. The van der Waals surface area contributed by atoms with Crippen LogP contribution in [-0.4, -0.2) is 23.7 Å². The molecule has 4 heteroatoms. The predicted molar refractivity (Wildman–Crippen MR) is 84.0 cm³/mol. The van der Waals surface area contributed by atoms with Crippen molar-refractivity contribution in [3.63, 3.8) is 0 Å². The van der Waals surface area contributed by atoms with E-state index in [2.05, 4.69) is 13.0 Å². The topological polar surface area (TPSA) is 63.6 Å². The average Bonchev–Trinajstić information content (AvgIpc) is 2.37. The minimum Gasteiger partial charge on any atom is -0.478 e. The molecule has 0 bridgehead atoms. The molecule has 0 aliphatic carbocycles. The molecule has 0 saturated carbocycles. The molecule has 0 atom stereocenters. The Morgan fingerprint density at radius 1 is 0.905 bits per heavy atom. The second kappa shape index (κ2) is 10.9. The van der Waals surface area contributed by atoms with Crippen molar-refractivity contribution in [2.75, 3.05) is 6.61 Å². The normalized spacial score (nSPS) is 13.2. The van der Waals surface area contributed by atoms with Gasteiger partial charge in [-0.15, -0.1) is 0 Å². The molecular formula is C17H26O4. The first kappa shape index (κ1) is 19.2. The Balaban J connectivity index is 3.99. The van der Waals surface area contributed by atoms with Gasteiger partial charge in [0.25, 0.3) is 0 Å². The lowest BCUT2D eigenvalue weighted by molar-refractivity contribution is -0.139. The van der Waals surface area contributed by atoms with Crippen molar-refractivity contribution in [2.24, 2.45) is 0 Å². The molecule has 0 unspecified atom stereocenters. The van der Waals surface area contributed by atoms with Crippen LogP contribution in [0, 0.1) is 0 Å². The van der Waals surface area contributed by atoms with E-state index in [0.29, 0.717) is 12.2 Å². The van der Waals surface area contributed by atoms with E-state index >= 15 is 0 Å². The fourth-order valence-corrected chi connectivity index (χ4v) is 1.66. The van der Waals surface area contributed by atoms with Crippen LogP contribution in [0.15, 0.2) is 34.9 Å². The molecule has 0 heterocycles. The summed E-state index contributed by atoms with van der Waals surface area (Å²) in [6.07, 6.45) is 9.35. The lowest BCUT2D eigenvalue weighted by Crippen LogP contribution is -1.98. The zero-order valence-electron chi connectivity index (χ0n) is 13.4. The van der Waals surface area contributed by atoms with Crippen molar-refractivity contribution >= 4 is 11.9 Å².